The molecule has 0 radical (unpaired) electrons. The third-order valence-electron chi connectivity index (χ3n) is 3.08. The van der Waals surface area contributed by atoms with Gasteiger partial charge in [0.1, 0.15) is 5.75 Å². The molecule has 0 amide bonds. The molecule has 6 heteroatoms. The summed E-state index contributed by atoms with van der Waals surface area (Å²) in [5.74, 6) is 0.0889. The third kappa shape index (κ3) is 3.05. The Morgan fingerprint density at radius 2 is 2.05 bits per heavy atom. The van der Waals surface area contributed by atoms with Crippen LogP contribution >= 0.6 is 27.5 Å². The molecule has 2 aromatic carbocycles. The molecule has 0 aliphatic heterocycles. The number of hydrogen-bond donors (Lipinski definition) is 2. The van der Waals surface area contributed by atoms with Crippen LogP contribution in [0.1, 0.15) is 5.56 Å². The minimum absolute atomic E-state index is 0.0889. The number of nitrogens with zero attached hydrogens (tertiary/aromatic N) is 2. The second-order valence-electron chi connectivity index (χ2n) is 4.58. The average molecular weight is 377 g/mol. The van der Waals surface area contributed by atoms with E-state index in [4.69, 9.17) is 11.6 Å². The molecule has 0 aliphatic rings. The van der Waals surface area contributed by atoms with Crippen molar-refractivity contribution >= 4 is 50.3 Å². The van der Waals surface area contributed by atoms with Crippen molar-refractivity contribution in [3.05, 3.63) is 63.7 Å². The van der Waals surface area contributed by atoms with Gasteiger partial charge in [-0.3, -0.25) is 10.4 Å². The molecule has 1 aromatic heterocycles. The van der Waals surface area contributed by atoms with Gasteiger partial charge < -0.3 is 5.11 Å². The SMILES string of the molecule is Oc1c(Br)cc(Cl)cc1/C=N\Nc1cccc2cccnc12. The van der Waals surface area contributed by atoms with Crippen LogP contribution in [0.25, 0.3) is 10.9 Å². The fraction of sp³-hybridized carbons (Fsp3) is 0. The average Bonchev–Trinajstić information content (AvgIpc) is 2.52. The highest BCUT2D eigenvalue weighted by Gasteiger charge is 2.05. The number of hydrogen-bond acceptors (Lipinski definition) is 4. The lowest BCUT2D eigenvalue weighted by Gasteiger charge is -2.05. The lowest BCUT2D eigenvalue weighted by atomic mass is 10.2. The van der Waals surface area contributed by atoms with E-state index in [1.165, 1.54) is 6.21 Å². The van der Waals surface area contributed by atoms with Crippen LogP contribution in [-0.4, -0.2) is 16.3 Å². The predicted octanol–water partition coefficient (Wildman–Crippen LogP) is 4.80. The minimum Gasteiger partial charge on any atom is -0.506 e. The van der Waals surface area contributed by atoms with Gasteiger partial charge in [0.15, 0.2) is 0 Å². The first kappa shape index (κ1) is 14.8. The summed E-state index contributed by atoms with van der Waals surface area (Å²) < 4.78 is 0.522. The van der Waals surface area contributed by atoms with Gasteiger partial charge in [0.2, 0.25) is 0 Å². The number of phenols is 1. The zero-order valence-electron chi connectivity index (χ0n) is 11.3. The first-order valence-electron chi connectivity index (χ1n) is 6.46. The van der Waals surface area contributed by atoms with Gasteiger partial charge in [-0.05, 0) is 40.2 Å². The monoisotopic (exact) mass is 375 g/mol. The maximum Gasteiger partial charge on any atom is 0.138 e. The highest BCUT2D eigenvalue weighted by Crippen LogP contribution is 2.30. The van der Waals surface area contributed by atoms with E-state index in [0.29, 0.717) is 15.1 Å². The van der Waals surface area contributed by atoms with E-state index in [9.17, 15) is 5.11 Å². The second kappa shape index (κ2) is 6.34. The summed E-state index contributed by atoms with van der Waals surface area (Å²) in [6.07, 6.45) is 3.24. The van der Waals surface area contributed by atoms with Crippen molar-refractivity contribution < 1.29 is 5.11 Å². The second-order valence-corrected chi connectivity index (χ2v) is 5.87. The molecule has 3 rings (SSSR count). The lowest BCUT2D eigenvalue weighted by molar-refractivity contribution is 0.471. The Bertz CT molecular complexity index is 862. The topological polar surface area (TPSA) is 57.5 Å². The van der Waals surface area contributed by atoms with Crippen molar-refractivity contribution in [1.82, 2.24) is 4.98 Å². The molecule has 110 valence electrons. The first-order valence-corrected chi connectivity index (χ1v) is 7.63. The van der Waals surface area contributed by atoms with Crippen LogP contribution in [0, 0.1) is 0 Å². The Balaban J connectivity index is 1.88. The first-order chi connectivity index (χ1) is 10.6. The highest BCUT2D eigenvalue weighted by molar-refractivity contribution is 9.10. The Morgan fingerprint density at radius 3 is 2.91 bits per heavy atom. The lowest BCUT2D eigenvalue weighted by Crippen LogP contribution is -1.93. The molecule has 0 saturated heterocycles. The third-order valence-corrected chi connectivity index (χ3v) is 3.90. The Labute approximate surface area is 140 Å². The van der Waals surface area contributed by atoms with Crippen LogP contribution in [0.3, 0.4) is 0 Å². The number of anilines is 1. The number of phenolic OH excluding ortho intramolecular Hbond substituents is 1. The highest BCUT2D eigenvalue weighted by atomic mass is 79.9. The molecule has 3 aromatic rings. The molecule has 4 nitrogen and oxygen atoms in total. The number of halogens is 2. The summed E-state index contributed by atoms with van der Waals surface area (Å²) in [5, 5.41) is 15.6. The predicted molar refractivity (Wildman–Crippen MR) is 93.8 cm³/mol. The van der Waals surface area contributed by atoms with E-state index < -0.39 is 0 Å². The molecular weight excluding hydrogens is 366 g/mol. The van der Waals surface area contributed by atoms with Crippen LogP contribution in [-0.2, 0) is 0 Å². The van der Waals surface area contributed by atoms with E-state index in [-0.39, 0.29) is 5.75 Å². The Kier molecular flexibility index (Phi) is 4.27. The number of fused-ring (bicyclic) bond motifs is 1. The van der Waals surface area contributed by atoms with E-state index in [1.54, 1.807) is 18.3 Å². The summed E-state index contributed by atoms with van der Waals surface area (Å²) in [6, 6.07) is 12.9. The fourth-order valence-electron chi connectivity index (χ4n) is 2.05. The number of aromatic nitrogens is 1. The van der Waals surface area contributed by atoms with Crippen molar-refractivity contribution in [1.29, 1.82) is 0 Å². The van der Waals surface area contributed by atoms with Gasteiger partial charge in [0.25, 0.3) is 0 Å². The molecule has 0 aliphatic carbocycles. The Morgan fingerprint density at radius 1 is 1.23 bits per heavy atom. The number of pyridine rings is 1. The molecule has 2 N–H and O–H groups in total. The smallest absolute Gasteiger partial charge is 0.138 e. The standard InChI is InChI=1S/C16H11BrClN3O/c17-13-8-12(18)7-11(16(13)22)9-20-21-14-5-1-3-10-4-2-6-19-15(10)14/h1-9,21-22H/b20-9-. The minimum atomic E-state index is 0.0889. The molecule has 1 heterocycles. The summed E-state index contributed by atoms with van der Waals surface area (Å²) in [4.78, 5) is 4.34. The van der Waals surface area contributed by atoms with Crippen molar-refractivity contribution in [3.63, 3.8) is 0 Å². The Hall–Kier alpha value is -2.11. The van der Waals surface area contributed by atoms with E-state index >= 15 is 0 Å². The van der Waals surface area contributed by atoms with Crippen LogP contribution in [0.2, 0.25) is 5.02 Å². The van der Waals surface area contributed by atoms with Crippen LogP contribution in [0.4, 0.5) is 5.69 Å². The van der Waals surface area contributed by atoms with Gasteiger partial charge in [-0.15, -0.1) is 0 Å². The van der Waals surface area contributed by atoms with Gasteiger partial charge in [0, 0.05) is 22.2 Å². The number of aromatic hydroxyl groups is 1. The molecule has 0 atom stereocenters. The van der Waals surface area contributed by atoms with Crippen LogP contribution < -0.4 is 5.43 Å². The van der Waals surface area contributed by atoms with E-state index in [2.05, 4.69) is 31.4 Å². The van der Waals surface area contributed by atoms with E-state index in [0.717, 1.165) is 16.6 Å². The van der Waals surface area contributed by atoms with Crippen molar-refractivity contribution in [2.24, 2.45) is 5.10 Å². The molecule has 0 saturated carbocycles. The fourth-order valence-corrected chi connectivity index (χ4v) is 2.88. The quantitative estimate of drug-likeness (QED) is 0.510. The van der Waals surface area contributed by atoms with Crippen molar-refractivity contribution in [2.45, 2.75) is 0 Å². The number of hydrazone groups is 1. The number of nitrogens with one attached hydrogen (secondary N) is 1. The van der Waals surface area contributed by atoms with Crippen LogP contribution in [0.15, 0.2) is 58.2 Å². The van der Waals surface area contributed by atoms with Gasteiger partial charge in [-0.2, -0.15) is 5.10 Å². The normalized spacial score (nSPS) is 11.2. The van der Waals surface area contributed by atoms with Gasteiger partial charge in [-0.1, -0.05) is 29.8 Å². The molecule has 22 heavy (non-hydrogen) atoms. The van der Waals surface area contributed by atoms with Crippen molar-refractivity contribution in [3.8, 4) is 5.75 Å². The number of benzene rings is 2. The van der Waals surface area contributed by atoms with E-state index in [1.807, 2.05) is 30.3 Å². The van der Waals surface area contributed by atoms with Gasteiger partial charge >= 0.3 is 0 Å². The van der Waals surface area contributed by atoms with Crippen LogP contribution in [0.5, 0.6) is 5.75 Å². The van der Waals surface area contributed by atoms with Gasteiger partial charge in [0.05, 0.1) is 21.9 Å². The maximum absolute atomic E-state index is 9.95. The maximum atomic E-state index is 9.95. The molecule has 0 bridgehead atoms. The number of rotatable bonds is 3. The summed E-state index contributed by atoms with van der Waals surface area (Å²) in [6.45, 7) is 0. The van der Waals surface area contributed by atoms with Crippen molar-refractivity contribution in [2.75, 3.05) is 5.43 Å². The number of para-hydroxylation sites is 1. The molecule has 0 spiro atoms. The largest absolute Gasteiger partial charge is 0.506 e. The molecular formula is C16H11BrClN3O. The molecule has 0 unspecified atom stereocenters. The summed E-state index contributed by atoms with van der Waals surface area (Å²) >= 11 is 9.20. The molecule has 0 fully saturated rings. The zero-order chi connectivity index (χ0) is 15.5. The zero-order valence-corrected chi connectivity index (χ0v) is 13.6. The summed E-state index contributed by atoms with van der Waals surface area (Å²) in [7, 11) is 0. The summed E-state index contributed by atoms with van der Waals surface area (Å²) in [5.41, 5.74) is 5.07. The van der Waals surface area contributed by atoms with Gasteiger partial charge in [-0.25, -0.2) is 0 Å².